The molecule has 1 aliphatic rings. The third kappa shape index (κ3) is 4.63. The van der Waals surface area contributed by atoms with E-state index < -0.39 is 5.60 Å². The molecule has 2 rings (SSSR count). The Balaban J connectivity index is 1.93. The summed E-state index contributed by atoms with van der Waals surface area (Å²) in [5, 5.41) is 0. The van der Waals surface area contributed by atoms with Crippen LogP contribution in [-0.2, 0) is 4.74 Å². The third-order valence-electron chi connectivity index (χ3n) is 3.27. The van der Waals surface area contributed by atoms with E-state index in [-0.39, 0.29) is 12.1 Å². The van der Waals surface area contributed by atoms with Gasteiger partial charge >= 0.3 is 6.09 Å². The molecule has 116 valence electrons. The molecule has 0 N–H and O–H groups in total. The van der Waals surface area contributed by atoms with Crippen LogP contribution in [0, 0.1) is 0 Å². The van der Waals surface area contributed by atoms with Crippen molar-refractivity contribution in [1.82, 2.24) is 4.90 Å². The number of para-hydroxylation sites is 1. The minimum Gasteiger partial charge on any atom is -0.490 e. The van der Waals surface area contributed by atoms with E-state index in [2.05, 4.69) is 15.9 Å². The molecular formula is C16H22BrNO3. The summed E-state index contributed by atoms with van der Waals surface area (Å²) in [5.41, 5.74) is -0.465. The lowest BCUT2D eigenvalue weighted by Crippen LogP contribution is -2.42. The smallest absolute Gasteiger partial charge is 0.410 e. The van der Waals surface area contributed by atoms with Crippen molar-refractivity contribution in [1.29, 1.82) is 0 Å². The van der Waals surface area contributed by atoms with Crippen LogP contribution in [0.25, 0.3) is 0 Å². The number of ether oxygens (including phenoxy) is 2. The average Bonchev–Trinajstić information content (AvgIpc) is 2.84. The van der Waals surface area contributed by atoms with E-state index in [1.54, 1.807) is 4.90 Å². The number of rotatable bonds is 3. The fourth-order valence-electron chi connectivity index (χ4n) is 2.32. The number of nitrogens with zero attached hydrogens (tertiary/aromatic N) is 1. The van der Waals surface area contributed by atoms with Gasteiger partial charge in [-0.15, -0.1) is 0 Å². The Morgan fingerprint density at radius 3 is 2.76 bits per heavy atom. The Bertz CT molecular complexity index is 499. The van der Waals surface area contributed by atoms with Gasteiger partial charge in [0.05, 0.1) is 10.5 Å². The van der Waals surface area contributed by atoms with Gasteiger partial charge in [-0.05, 0) is 61.7 Å². The largest absolute Gasteiger partial charge is 0.490 e. The number of carbonyl (C=O) groups is 1. The Kier molecular flexibility index (Phi) is 5.14. The maximum atomic E-state index is 12.2. The van der Waals surface area contributed by atoms with Crippen molar-refractivity contribution in [3.8, 4) is 5.75 Å². The van der Waals surface area contributed by atoms with Crippen LogP contribution in [0.5, 0.6) is 5.75 Å². The van der Waals surface area contributed by atoms with Gasteiger partial charge < -0.3 is 14.4 Å². The molecule has 0 aromatic heterocycles. The number of halogens is 1. The quantitative estimate of drug-likeness (QED) is 0.814. The highest BCUT2D eigenvalue weighted by Gasteiger charge is 2.32. The van der Waals surface area contributed by atoms with E-state index in [0.717, 1.165) is 29.6 Å². The van der Waals surface area contributed by atoms with E-state index in [4.69, 9.17) is 9.47 Å². The predicted molar refractivity (Wildman–Crippen MR) is 85.6 cm³/mol. The second kappa shape index (κ2) is 6.69. The zero-order chi connectivity index (χ0) is 15.5. The van der Waals surface area contributed by atoms with Gasteiger partial charge in [0.1, 0.15) is 18.0 Å². The number of hydrogen-bond acceptors (Lipinski definition) is 3. The predicted octanol–water partition coefficient (Wildman–Crippen LogP) is 4.23. The zero-order valence-corrected chi connectivity index (χ0v) is 14.4. The van der Waals surface area contributed by atoms with Gasteiger partial charge in [-0.3, -0.25) is 0 Å². The summed E-state index contributed by atoms with van der Waals surface area (Å²) < 4.78 is 12.2. The maximum Gasteiger partial charge on any atom is 0.410 e. The minimum absolute atomic E-state index is 0.0759. The zero-order valence-electron chi connectivity index (χ0n) is 12.8. The fourth-order valence-corrected chi connectivity index (χ4v) is 2.72. The maximum absolute atomic E-state index is 12.2. The lowest BCUT2D eigenvalue weighted by molar-refractivity contribution is 0.0187. The topological polar surface area (TPSA) is 38.8 Å². The Morgan fingerprint density at radius 1 is 1.38 bits per heavy atom. The van der Waals surface area contributed by atoms with Gasteiger partial charge in [0.25, 0.3) is 0 Å². The van der Waals surface area contributed by atoms with E-state index in [1.807, 2.05) is 45.0 Å². The number of benzene rings is 1. The number of amides is 1. The molecule has 4 nitrogen and oxygen atoms in total. The lowest BCUT2D eigenvalue weighted by atomic mass is 10.2. The Morgan fingerprint density at radius 2 is 2.10 bits per heavy atom. The molecular weight excluding hydrogens is 334 g/mol. The van der Waals surface area contributed by atoms with E-state index >= 15 is 0 Å². The molecule has 1 aromatic carbocycles. The van der Waals surface area contributed by atoms with Crippen LogP contribution in [0.3, 0.4) is 0 Å². The van der Waals surface area contributed by atoms with E-state index in [9.17, 15) is 4.79 Å². The first-order valence-electron chi connectivity index (χ1n) is 7.24. The number of carbonyl (C=O) groups excluding carboxylic acids is 1. The average molecular weight is 356 g/mol. The molecule has 1 amide bonds. The number of likely N-dealkylation sites (tertiary alicyclic amines) is 1. The molecule has 0 bridgehead atoms. The highest BCUT2D eigenvalue weighted by molar-refractivity contribution is 9.10. The molecule has 1 heterocycles. The summed E-state index contributed by atoms with van der Waals surface area (Å²) in [5.74, 6) is 0.800. The van der Waals surface area contributed by atoms with Crippen molar-refractivity contribution in [3.63, 3.8) is 0 Å². The van der Waals surface area contributed by atoms with Crippen LogP contribution in [-0.4, -0.2) is 35.8 Å². The highest BCUT2D eigenvalue weighted by Crippen LogP contribution is 2.26. The molecule has 5 heteroatoms. The van der Waals surface area contributed by atoms with Crippen LogP contribution in [0.4, 0.5) is 4.79 Å². The molecule has 1 unspecified atom stereocenters. The van der Waals surface area contributed by atoms with E-state index in [0.29, 0.717) is 6.61 Å². The molecule has 0 radical (unpaired) electrons. The SMILES string of the molecule is CC(C)(C)OC(=O)N1CCCC1COc1ccccc1Br. The summed E-state index contributed by atoms with van der Waals surface area (Å²) in [4.78, 5) is 14.0. The van der Waals surface area contributed by atoms with Gasteiger partial charge in [0.15, 0.2) is 0 Å². The second-order valence-electron chi connectivity index (χ2n) is 6.21. The van der Waals surface area contributed by atoms with Crippen LogP contribution >= 0.6 is 15.9 Å². The molecule has 1 saturated heterocycles. The molecule has 0 spiro atoms. The normalized spacial score (nSPS) is 18.7. The van der Waals surface area contributed by atoms with Crippen LogP contribution in [0.1, 0.15) is 33.6 Å². The summed E-state index contributed by atoms with van der Waals surface area (Å²) in [6.45, 7) is 6.87. The summed E-state index contributed by atoms with van der Waals surface area (Å²) in [7, 11) is 0. The molecule has 1 fully saturated rings. The minimum atomic E-state index is -0.465. The summed E-state index contributed by atoms with van der Waals surface area (Å²) in [6.07, 6.45) is 1.69. The second-order valence-corrected chi connectivity index (χ2v) is 7.07. The van der Waals surface area contributed by atoms with E-state index in [1.165, 1.54) is 0 Å². The summed E-state index contributed by atoms with van der Waals surface area (Å²) >= 11 is 3.46. The highest BCUT2D eigenvalue weighted by atomic mass is 79.9. The first-order chi connectivity index (χ1) is 9.87. The van der Waals surface area contributed by atoms with Crippen LogP contribution < -0.4 is 4.74 Å². The first-order valence-corrected chi connectivity index (χ1v) is 8.03. The van der Waals surface area contributed by atoms with Gasteiger partial charge in [-0.25, -0.2) is 4.79 Å². The van der Waals surface area contributed by atoms with Gasteiger partial charge in [0.2, 0.25) is 0 Å². The molecule has 1 atom stereocenters. The first kappa shape index (κ1) is 16.1. The van der Waals surface area contributed by atoms with Gasteiger partial charge in [-0.2, -0.15) is 0 Å². The van der Waals surface area contributed by atoms with Crippen molar-refractivity contribution in [2.75, 3.05) is 13.2 Å². The molecule has 0 saturated carbocycles. The molecule has 1 aromatic rings. The van der Waals surface area contributed by atoms with Gasteiger partial charge in [0, 0.05) is 6.54 Å². The van der Waals surface area contributed by atoms with Crippen molar-refractivity contribution < 1.29 is 14.3 Å². The molecule has 21 heavy (non-hydrogen) atoms. The number of hydrogen-bond donors (Lipinski definition) is 0. The fraction of sp³-hybridized carbons (Fsp3) is 0.562. The monoisotopic (exact) mass is 355 g/mol. The van der Waals surface area contributed by atoms with Crippen molar-refractivity contribution in [3.05, 3.63) is 28.7 Å². The summed E-state index contributed by atoms with van der Waals surface area (Å²) in [6, 6.07) is 7.80. The standard InChI is InChI=1S/C16H22BrNO3/c1-16(2,3)21-15(19)18-10-6-7-12(18)11-20-14-9-5-4-8-13(14)17/h4-5,8-9,12H,6-7,10-11H2,1-3H3. The van der Waals surface area contributed by atoms with Crippen molar-refractivity contribution >= 4 is 22.0 Å². The molecule has 1 aliphatic heterocycles. The van der Waals surface area contributed by atoms with Crippen LogP contribution in [0.15, 0.2) is 28.7 Å². The molecule has 0 aliphatic carbocycles. The third-order valence-corrected chi connectivity index (χ3v) is 3.93. The lowest BCUT2D eigenvalue weighted by Gasteiger charge is -2.28. The Labute approximate surface area is 134 Å². The van der Waals surface area contributed by atoms with Crippen molar-refractivity contribution in [2.24, 2.45) is 0 Å². The Hall–Kier alpha value is -1.23. The van der Waals surface area contributed by atoms with Crippen LogP contribution in [0.2, 0.25) is 0 Å². The van der Waals surface area contributed by atoms with Gasteiger partial charge in [-0.1, -0.05) is 12.1 Å². The van der Waals surface area contributed by atoms with Crippen molar-refractivity contribution in [2.45, 2.75) is 45.3 Å².